The molecule has 0 spiro atoms. The molecule has 5 rings (SSSR count). The van der Waals surface area contributed by atoms with E-state index < -0.39 is 0 Å². The molecule has 1 aliphatic heterocycles. The standard InChI is InChI=1S/C35H45N5O2/c1-4-5-23-40-33-15-10-9-14-32(33)36-35(40)39-22-11-21-38(25-26-39)24-20-30(28-16-18-31(42-3)19-17-28)27-37(2)34(41)29-12-7-6-8-13-29/h6-10,12-19,30H,4-5,11,20-27H2,1-3H3. The highest BCUT2D eigenvalue weighted by atomic mass is 16.5. The second-order valence-electron chi connectivity index (χ2n) is 11.4. The third-order valence-corrected chi connectivity index (χ3v) is 8.48. The first-order valence-corrected chi connectivity index (χ1v) is 15.4. The third-order valence-electron chi connectivity index (χ3n) is 8.48. The molecular formula is C35H45N5O2. The highest BCUT2D eigenvalue weighted by Crippen LogP contribution is 2.27. The van der Waals surface area contributed by atoms with E-state index in [1.807, 2.05) is 54.4 Å². The number of hydrogen-bond acceptors (Lipinski definition) is 5. The van der Waals surface area contributed by atoms with Gasteiger partial charge in [0.25, 0.3) is 5.91 Å². The Hall–Kier alpha value is -3.84. The number of aromatic nitrogens is 2. The monoisotopic (exact) mass is 567 g/mol. The van der Waals surface area contributed by atoms with Crippen molar-refractivity contribution in [1.82, 2.24) is 19.4 Å². The molecule has 0 aliphatic carbocycles. The number of ether oxygens (including phenoxy) is 1. The molecule has 1 unspecified atom stereocenters. The lowest BCUT2D eigenvalue weighted by atomic mass is 9.94. The van der Waals surface area contributed by atoms with Crippen molar-refractivity contribution in [2.75, 3.05) is 58.3 Å². The number of amides is 1. The molecule has 4 aromatic rings. The van der Waals surface area contributed by atoms with Gasteiger partial charge in [0.2, 0.25) is 5.95 Å². The number of carbonyl (C=O) groups is 1. The molecule has 1 aliphatic rings. The predicted octanol–water partition coefficient (Wildman–Crippen LogP) is 6.30. The van der Waals surface area contributed by atoms with Gasteiger partial charge in [-0.25, -0.2) is 4.98 Å². The van der Waals surface area contributed by atoms with Gasteiger partial charge in [-0.3, -0.25) is 4.79 Å². The number of carbonyl (C=O) groups excluding carboxylic acids is 1. The first kappa shape index (κ1) is 29.6. The summed E-state index contributed by atoms with van der Waals surface area (Å²) in [5.74, 6) is 2.25. The van der Waals surface area contributed by atoms with Crippen molar-refractivity contribution in [2.24, 2.45) is 0 Å². The normalized spacial score (nSPS) is 15.0. The van der Waals surface area contributed by atoms with E-state index in [-0.39, 0.29) is 11.8 Å². The number of unbranched alkanes of at least 4 members (excludes halogenated alkanes) is 1. The molecule has 1 amide bonds. The second kappa shape index (κ2) is 14.4. The van der Waals surface area contributed by atoms with Gasteiger partial charge in [-0.15, -0.1) is 0 Å². The molecular weight excluding hydrogens is 522 g/mol. The van der Waals surface area contributed by atoms with E-state index in [0.29, 0.717) is 6.54 Å². The smallest absolute Gasteiger partial charge is 0.253 e. The van der Waals surface area contributed by atoms with Crippen LogP contribution in [0.3, 0.4) is 0 Å². The van der Waals surface area contributed by atoms with Crippen molar-refractivity contribution in [3.63, 3.8) is 0 Å². The first-order chi connectivity index (χ1) is 20.6. The van der Waals surface area contributed by atoms with Gasteiger partial charge in [0.05, 0.1) is 18.1 Å². The number of nitrogens with zero attached hydrogens (tertiary/aromatic N) is 5. The Balaban J connectivity index is 1.26. The number of likely N-dealkylation sites (N-methyl/N-ethyl adjacent to an activating group) is 1. The molecule has 1 fully saturated rings. The van der Waals surface area contributed by atoms with Gasteiger partial charge in [0.15, 0.2) is 0 Å². The van der Waals surface area contributed by atoms with Gasteiger partial charge in [-0.2, -0.15) is 0 Å². The molecule has 0 bridgehead atoms. The highest BCUT2D eigenvalue weighted by Gasteiger charge is 2.23. The summed E-state index contributed by atoms with van der Waals surface area (Å²) in [4.78, 5) is 25.2. The predicted molar refractivity (Wildman–Crippen MR) is 172 cm³/mol. The van der Waals surface area contributed by atoms with Gasteiger partial charge >= 0.3 is 0 Å². The van der Waals surface area contributed by atoms with Crippen LogP contribution in [0.5, 0.6) is 5.75 Å². The molecule has 7 heteroatoms. The summed E-state index contributed by atoms with van der Waals surface area (Å²) in [6, 6.07) is 26.4. The first-order valence-electron chi connectivity index (χ1n) is 15.4. The number of rotatable bonds is 12. The van der Waals surface area contributed by atoms with Gasteiger partial charge in [-0.1, -0.05) is 55.8 Å². The van der Waals surface area contributed by atoms with E-state index in [1.54, 1.807) is 7.11 Å². The van der Waals surface area contributed by atoms with E-state index >= 15 is 0 Å². The van der Waals surface area contributed by atoms with Crippen LogP contribution in [0.2, 0.25) is 0 Å². The zero-order valence-corrected chi connectivity index (χ0v) is 25.4. The summed E-state index contributed by atoms with van der Waals surface area (Å²) in [7, 11) is 3.61. The Morgan fingerprint density at radius 3 is 2.45 bits per heavy atom. The van der Waals surface area contributed by atoms with Crippen LogP contribution < -0.4 is 9.64 Å². The van der Waals surface area contributed by atoms with Crippen LogP contribution in [0.1, 0.15) is 54.4 Å². The number of aryl methyl sites for hydroxylation is 1. The second-order valence-corrected chi connectivity index (χ2v) is 11.4. The number of benzene rings is 3. The Bertz CT molecular complexity index is 1420. The van der Waals surface area contributed by atoms with E-state index in [1.165, 1.54) is 17.5 Å². The van der Waals surface area contributed by atoms with E-state index in [0.717, 1.165) is 81.3 Å². The number of para-hydroxylation sites is 2. The maximum Gasteiger partial charge on any atom is 0.253 e. The fourth-order valence-corrected chi connectivity index (χ4v) is 6.03. The maximum absolute atomic E-state index is 13.2. The molecule has 2 heterocycles. The minimum Gasteiger partial charge on any atom is -0.497 e. The van der Waals surface area contributed by atoms with E-state index in [9.17, 15) is 4.79 Å². The van der Waals surface area contributed by atoms with Crippen LogP contribution in [0, 0.1) is 0 Å². The zero-order chi connectivity index (χ0) is 29.3. The minimum absolute atomic E-state index is 0.0606. The molecule has 0 saturated carbocycles. The molecule has 3 aromatic carbocycles. The van der Waals surface area contributed by atoms with Gasteiger partial charge in [0.1, 0.15) is 5.75 Å². The Labute approximate surface area is 250 Å². The molecule has 222 valence electrons. The number of hydrogen-bond donors (Lipinski definition) is 0. The van der Waals surface area contributed by atoms with Crippen LogP contribution in [-0.2, 0) is 6.54 Å². The summed E-state index contributed by atoms with van der Waals surface area (Å²) in [6.07, 6.45) is 4.41. The van der Waals surface area contributed by atoms with Gasteiger partial charge in [0, 0.05) is 51.3 Å². The van der Waals surface area contributed by atoms with Crippen molar-refractivity contribution >= 4 is 22.9 Å². The summed E-state index contributed by atoms with van der Waals surface area (Å²) in [5.41, 5.74) is 4.29. The number of imidazole rings is 1. The van der Waals surface area contributed by atoms with Crippen molar-refractivity contribution in [1.29, 1.82) is 0 Å². The fourth-order valence-electron chi connectivity index (χ4n) is 6.03. The van der Waals surface area contributed by atoms with Crippen molar-refractivity contribution in [3.8, 4) is 5.75 Å². The lowest BCUT2D eigenvalue weighted by molar-refractivity contribution is 0.0782. The van der Waals surface area contributed by atoms with Crippen molar-refractivity contribution in [2.45, 2.75) is 45.1 Å². The van der Waals surface area contributed by atoms with Crippen molar-refractivity contribution in [3.05, 3.63) is 90.0 Å². The molecule has 0 radical (unpaired) electrons. The third kappa shape index (κ3) is 7.13. The Kier molecular flexibility index (Phi) is 10.1. The number of anilines is 1. The maximum atomic E-state index is 13.2. The molecule has 7 nitrogen and oxygen atoms in total. The van der Waals surface area contributed by atoms with Crippen LogP contribution in [0.15, 0.2) is 78.9 Å². The SMILES string of the molecule is CCCCn1c(N2CCCN(CCC(CN(C)C(=O)c3ccccc3)c3ccc(OC)cc3)CC2)nc2ccccc21. The van der Waals surface area contributed by atoms with Crippen LogP contribution in [-0.4, -0.2) is 78.7 Å². The van der Waals surface area contributed by atoms with E-state index in [4.69, 9.17) is 9.72 Å². The number of methoxy groups -OCH3 is 1. The summed E-state index contributed by atoms with van der Waals surface area (Å²) < 4.78 is 7.83. The minimum atomic E-state index is 0.0606. The average Bonchev–Trinajstić information content (AvgIpc) is 3.23. The molecule has 1 saturated heterocycles. The van der Waals surface area contributed by atoms with Crippen molar-refractivity contribution < 1.29 is 9.53 Å². The Morgan fingerprint density at radius 2 is 1.69 bits per heavy atom. The molecule has 42 heavy (non-hydrogen) atoms. The lowest BCUT2D eigenvalue weighted by Gasteiger charge is -2.28. The largest absolute Gasteiger partial charge is 0.497 e. The van der Waals surface area contributed by atoms with Crippen LogP contribution >= 0.6 is 0 Å². The molecule has 1 aromatic heterocycles. The number of fused-ring (bicyclic) bond motifs is 1. The lowest BCUT2D eigenvalue weighted by Crippen LogP contribution is -2.35. The van der Waals surface area contributed by atoms with Crippen LogP contribution in [0.25, 0.3) is 11.0 Å². The van der Waals surface area contributed by atoms with Gasteiger partial charge in [-0.05, 0) is 74.3 Å². The summed E-state index contributed by atoms with van der Waals surface area (Å²) in [6.45, 7) is 8.97. The highest BCUT2D eigenvalue weighted by molar-refractivity contribution is 5.94. The van der Waals surface area contributed by atoms with E-state index in [2.05, 4.69) is 57.7 Å². The molecule has 1 atom stereocenters. The Morgan fingerprint density at radius 1 is 0.929 bits per heavy atom. The summed E-state index contributed by atoms with van der Waals surface area (Å²) >= 11 is 0. The topological polar surface area (TPSA) is 53.8 Å². The average molecular weight is 568 g/mol. The quantitative estimate of drug-likeness (QED) is 0.201. The molecule has 0 N–H and O–H groups in total. The zero-order valence-electron chi connectivity index (χ0n) is 25.4. The summed E-state index contributed by atoms with van der Waals surface area (Å²) in [5, 5.41) is 0. The van der Waals surface area contributed by atoms with Gasteiger partial charge < -0.3 is 24.0 Å². The fraction of sp³-hybridized carbons (Fsp3) is 0.429. The van der Waals surface area contributed by atoms with Crippen LogP contribution in [0.4, 0.5) is 5.95 Å².